The van der Waals surface area contributed by atoms with Gasteiger partial charge in [0.15, 0.2) is 0 Å². The summed E-state index contributed by atoms with van der Waals surface area (Å²) in [6.07, 6.45) is 6.09. The first-order valence-corrected chi connectivity index (χ1v) is 9.71. The molecule has 6 nitrogen and oxygen atoms in total. The van der Waals surface area contributed by atoms with Crippen molar-refractivity contribution in [2.45, 2.75) is 44.6 Å². The Morgan fingerprint density at radius 3 is 2.81 bits per heavy atom. The molecule has 144 valence electrons. The van der Waals surface area contributed by atoms with Gasteiger partial charge in [-0.2, -0.15) is 5.10 Å². The third-order valence-corrected chi connectivity index (χ3v) is 5.75. The van der Waals surface area contributed by atoms with Crippen molar-refractivity contribution in [2.24, 2.45) is 17.8 Å². The molecule has 1 unspecified atom stereocenters. The fourth-order valence-electron chi connectivity index (χ4n) is 4.00. The van der Waals surface area contributed by atoms with Crippen LogP contribution in [0, 0.1) is 17.8 Å². The van der Waals surface area contributed by atoms with Gasteiger partial charge in [0.1, 0.15) is 11.9 Å². The molecule has 2 aliphatic carbocycles. The first kappa shape index (κ1) is 17.9. The van der Waals surface area contributed by atoms with E-state index in [9.17, 15) is 9.90 Å². The summed E-state index contributed by atoms with van der Waals surface area (Å²) in [6.45, 7) is 2.47. The van der Waals surface area contributed by atoms with E-state index in [0.717, 1.165) is 37.0 Å². The lowest BCUT2D eigenvalue weighted by Gasteiger charge is -2.34. The molecule has 2 atom stereocenters. The van der Waals surface area contributed by atoms with Crippen LogP contribution in [-0.2, 0) is 4.79 Å². The Hall–Kier alpha value is -2.50. The van der Waals surface area contributed by atoms with Crippen LogP contribution in [0.3, 0.4) is 0 Å². The highest BCUT2D eigenvalue weighted by atomic mass is 16.5. The van der Waals surface area contributed by atoms with E-state index in [4.69, 9.17) is 9.47 Å². The number of nitrogens with zero attached hydrogens (tertiary/aromatic N) is 1. The minimum atomic E-state index is -0.726. The maximum absolute atomic E-state index is 11.5. The SMILES string of the molecule is C[C@H](C(=O)O)C(c1cccc(OCC2CC(Oc3ccn[nH]3)C2)c1)C1CC1. The van der Waals surface area contributed by atoms with Crippen molar-refractivity contribution >= 4 is 5.97 Å². The second kappa shape index (κ2) is 7.62. The van der Waals surface area contributed by atoms with Crippen LogP contribution in [0.4, 0.5) is 0 Å². The fourth-order valence-corrected chi connectivity index (χ4v) is 4.00. The summed E-state index contributed by atoms with van der Waals surface area (Å²) in [5, 5.41) is 16.1. The second-order valence-electron chi connectivity index (χ2n) is 7.87. The zero-order valence-corrected chi connectivity index (χ0v) is 15.5. The van der Waals surface area contributed by atoms with Gasteiger partial charge in [-0.15, -0.1) is 0 Å². The zero-order chi connectivity index (χ0) is 18.8. The highest BCUT2D eigenvalue weighted by molar-refractivity contribution is 5.71. The molecule has 0 bridgehead atoms. The molecule has 0 spiro atoms. The molecule has 4 rings (SSSR count). The summed E-state index contributed by atoms with van der Waals surface area (Å²) in [5.41, 5.74) is 1.08. The van der Waals surface area contributed by atoms with Gasteiger partial charge in [-0.1, -0.05) is 19.1 Å². The minimum Gasteiger partial charge on any atom is -0.493 e. The molecule has 2 saturated carbocycles. The molecule has 27 heavy (non-hydrogen) atoms. The van der Waals surface area contributed by atoms with E-state index in [1.54, 1.807) is 6.20 Å². The number of nitrogens with one attached hydrogen (secondary N) is 1. The summed E-state index contributed by atoms with van der Waals surface area (Å²) in [5.74, 6) is 1.48. The molecular formula is C21H26N2O4. The lowest BCUT2D eigenvalue weighted by atomic mass is 9.82. The third kappa shape index (κ3) is 4.26. The Labute approximate surface area is 158 Å². The molecule has 0 amide bonds. The van der Waals surface area contributed by atoms with Gasteiger partial charge in [0.25, 0.3) is 0 Å². The summed E-state index contributed by atoms with van der Waals surface area (Å²) >= 11 is 0. The Kier molecular flexibility index (Phi) is 5.05. The predicted molar refractivity (Wildman–Crippen MR) is 99.9 cm³/mol. The largest absolute Gasteiger partial charge is 0.493 e. The van der Waals surface area contributed by atoms with Crippen LogP contribution in [0.1, 0.15) is 44.1 Å². The first-order valence-electron chi connectivity index (χ1n) is 9.71. The maximum atomic E-state index is 11.5. The van der Waals surface area contributed by atoms with Crippen LogP contribution >= 0.6 is 0 Å². The van der Waals surface area contributed by atoms with Crippen molar-refractivity contribution in [1.29, 1.82) is 0 Å². The summed E-state index contributed by atoms with van der Waals surface area (Å²) in [4.78, 5) is 11.5. The molecule has 2 aliphatic rings. The number of carboxylic acid groups (broad SMARTS) is 1. The number of H-pyrrole nitrogens is 1. The first-order chi connectivity index (χ1) is 13.1. The highest BCUT2D eigenvalue weighted by Crippen LogP contribution is 2.47. The molecule has 0 saturated heterocycles. The number of carboxylic acids is 1. The van der Waals surface area contributed by atoms with Crippen LogP contribution in [0.5, 0.6) is 11.6 Å². The molecule has 0 aliphatic heterocycles. The Morgan fingerprint density at radius 2 is 2.15 bits per heavy atom. The van der Waals surface area contributed by atoms with E-state index >= 15 is 0 Å². The highest BCUT2D eigenvalue weighted by Gasteiger charge is 2.38. The summed E-state index contributed by atoms with van der Waals surface area (Å²) in [6, 6.07) is 9.81. The quantitative estimate of drug-likeness (QED) is 0.700. The smallest absolute Gasteiger partial charge is 0.306 e. The predicted octanol–water partition coefficient (Wildman–Crippen LogP) is 3.86. The third-order valence-electron chi connectivity index (χ3n) is 5.75. The van der Waals surface area contributed by atoms with Crippen LogP contribution in [0.2, 0.25) is 0 Å². The van der Waals surface area contributed by atoms with Gasteiger partial charge in [0, 0.05) is 6.07 Å². The van der Waals surface area contributed by atoms with Crippen LogP contribution in [0.25, 0.3) is 0 Å². The molecule has 2 aromatic rings. The zero-order valence-electron chi connectivity index (χ0n) is 15.5. The van der Waals surface area contributed by atoms with Crippen molar-refractivity contribution in [3.8, 4) is 11.6 Å². The van der Waals surface area contributed by atoms with Crippen molar-refractivity contribution in [3.05, 3.63) is 42.1 Å². The van der Waals surface area contributed by atoms with Gasteiger partial charge < -0.3 is 14.6 Å². The number of aromatic nitrogens is 2. The van der Waals surface area contributed by atoms with Gasteiger partial charge in [-0.25, -0.2) is 5.10 Å². The number of rotatable bonds is 9. The monoisotopic (exact) mass is 370 g/mol. The van der Waals surface area contributed by atoms with E-state index in [-0.39, 0.29) is 17.9 Å². The van der Waals surface area contributed by atoms with Crippen LogP contribution < -0.4 is 9.47 Å². The van der Waals surface area contributed by atoms with Crippen molar-refractivity contribution in [3.63, 3.8) is 0 Å². The Balaban J connectivity index is 1.30. The van der Waals surface area contributed by atoms with Gasteiger partial charge in [0.05, 0.1) is 18.7 Å². The number of benzene rings is 1. The molecular weight excluding hydrogens is 344 g/mol. The molecule has 6 heteroatoms. The van der Waals surface area contributed by atoms with Crippen molar-refractivity contribution < 1.29 is 19.4 Å². The number of hydrogen-bond acceptors (Lipinski definition) is 4. The maximum Gasteiger partial charge on any atom is 0.306 e. The Bertz CT molecular complexity index is 766. The van der Waals surface area contributed by atoms with Crippen LogP contribution in [-0.4, -0.2) is 34.0 Å². The normalized spacial score (nSPS) is 23.9. The van der Waals surface area contributed by atoms with E-state index in [1.165, 1.54) is 0 Å². The topological polar surface area (TPSA) is 84.4 Å². The fraction of sp³-hybridized carbons (Fsp3) is 0.524. The second-order valence-corrected chi connectivity index (χ2v) is 7.87. The number of carbonyl (C=O) groups is 1. The number of hydrogen-bond donors (Lipinski definition) is 2. The lowest BCUT2D eigenvalue weighted by molar-refractivity contribution is -0.142. The number of aliphatic carboxylic acids is 1. The van der Waals surface area contributed by atoms with E-state index in [2.05, 4.69) is 10.2 Å². The van der Waals surface area contributed by atoms with Crippen LogP contribution in [0.15, 0.2) is 36.5 Å². The van der Waals surface area contributed by atoms with Gasteiger partial charge in [-0.05, 0) is 61.1 Å². The van der Waals surface area contributed by atoms with Crippen molar-refractivity contribution in [1.82, 2.24) is 10.2 Å². The van der Waals surface area contributed by atoms with Gasteiger partial charge in [0.2, 0.25) is 5.88 Å². The average molecular weight is 370 g/mol. The minimum absolute atomic E-state index is 0.0712. The molecule has 1 aromatic heterocycles. The lowest BCUT2D eigenvalue weighted by Crippen LogP contribution is -2.37. The molecule has 0 radical (unpaired) electrons. The van der Waals surface area contributed by atoms with Gasteiger partial charge in [-0.3, -0.25) is 4.79 Å². The molecule has 2 fully saturated rings. The summed E-state index contributed by atoms with van der Waals surface area (Å²) in [7, 11) is 0. The molecule has 2 N–H and O–H groups in total. The van der Waals surface area contributed by atoms with Gasteiger partial charge >= 0.3 is 5.97 Å². The Morgan fingerprint density at radius 1 is 1.33 bits per heavy atom. The van der Waals surface area contributed by atoms with E-state index < -0.39 is 5.97 Å². The number of aromatic amines is 1. The molecule has 1 aromatic carbocycles. The average Bonchev–Trinajstić information content (AvgIpc) is 3.31. The number of ether oxygens (including phenoxy) is 2. The summed E-state index contributed by atoms with van der Waals surface area (Å²) < 4.78 is 11.8. The van der Waals surface area contributed by atoms with E-state index in [1.807, 2.05) is 37.3 Å². The van der Waals surface area contributed by atoms with E-state index in [0.29, 0.717) is 24.3 Å². The standard InChI is InChI=1S/C21H26N2O4/c1-13(21(24)25)20(15-5-6-15)16-3-2-4-17(11-16)26-12-14-9-18(10-14)27-19-7-8-22-23-19/h2-4,7-8,11,13-15,18,20H,5-6,9-10,12H2,1H3,(H,22,23)(H,24,25)/t13-,14?,18?,20?/m0/s1. The molecule has 1 heterocycles. The van der Waals surface area contributed by atoms with Crippen molar-refractivity contribution in [2.75, 3.05) is 6.61 Å².